The highest BCUT2D eigenvalue weighted by Crippen LogP contribution is 1.62. The predicted octanol–water partition coefficient (Wildman–Crippen LogP) is -1.17. The third kappa shape index (κ3) is 9.19. The molecule has 0 rings (SSSR count). The summed E-state index contributed by atoms with van der Waals surface area (Å²) in [5.41, 5.74) is 0. The Kier molecular flexibility index (Phi) is 8.51. The van der Waals surface area contributed by atoms with E-state index in [1.165, 1.54) is 0 Å². The highest BCUT2D eigenvalue weighted by molar-refractivity contribution is 5.85. The van der Waals surface area contributed by atoms with E-state index in [0.29, 0.717) is 0 Å². The van der Waals surface area contributed by atoms with E-state index in [-0.39, 0.29) is 31.4 Å². The van der Waals surface area contributed by atoms with E-state index in [1.807, 2.05) is 0 Å². The second-order valence-electron chi connectivity index (χ2n) is 1.70. The Bertz CT molecular complexity index is 140. The summed E-state index contributed by atoms with van der Waals surface area (Å²) in [5, 5.41) is 12.9. The first-order valence-corrected chi connectivity index (χ1v) is 2.80. The zero-order valence-electron chi connectivity index (χ0n) is 6.09. The molecule has 3 N–H and O–H groups in total. The molecule has 0 saturated carbocycles. The number of nitrogens with one attached hydrogen (secondary N) is 2. The van der Waals surface area contributed by atoms with Gasteiger partial charge in [-0.3, -0.25) is 9.59 Å². The number of halogens is 1. The van der Waals surface area contributed by atoms with Gasteiger partial charge in [-0.15, -0.1) is 12.4 Å². The van der Waals surface area contributed by atoms with Gasteiger partial charge in [0.25, 0.3) is 0 Å². The van der Waals surface area contributed by atoms with Crippen LogP contribution in [-0.4, -0.2) is 37.1 Å². The number of aliphatic carboxylic acids is 1. The molecule has 0 saturated heterocycles. The summed E-state index contributed by atoms with van der Waals surface area (Å²) >= 11 is 0. The van der Waals surface area contributed by atoms with E-state index in [2.05, 4.69) is 10.6 Å². The maximum Gasteiger partial charge on any atom is 0.322 e. The lowest BCUT2D eigenvalue weighted by atomic mass is 10.5. The van der Waals surface area contributed by atoms with Crippen LogP contribution in [-0.2, 0) is 9.59 Å². The van der Waals surface area contributed by atoms with Crippen molar-refractivity contribution >= 4 is 24.3 Å². The average Bonchev–Trinajstić information content (AvgIpc) is 1.85. The Hall–Kier alpha value is -0.810. The van der Waals surface area contributed by atoms with E-state index >= 15 is 0 Å². The first-order valence-electron chi connectivity index (χ1n) is 2.80. The Labute approximate surface area is 70.6 Å². The summed E-state index contributed by atoms with van der Waals surface area (Å²) in [4.78, 5) is 20.4. The van der Waals surface area contributed by atoms with Crippen molar-refractivity contribution < 1.29 is 14.7 Å². The largest absolute Gasteiger partial charge is 0.480 e. The lowest BCUT2D eigenvalue weighted by Crippen LogP contribution is -2.35. The van der Waals surface area contributed by atoms with Gasteiger partial charge in [0.05, 0.1) is 6.54 Å². The molecule has 0 aromatic rings. The van der Waals surface area contributed by atoms with Crippen LogP contribution in [0.2, 0.25) is 0 Å². The Balaban J connectivity index is 0. The minimum atomic E-state index is -1.04. The topological polar surface area (TPSA) is 78.4 Å². The minimum Gasteiger partial charge on any atom is -0.480 e. The SMILES string of the molecule is CNCC(=O)NCC(=O)O.Cl. The summed E-state index contributed by atoms with van der Waals surface area (Å²) in [7, 11) is 1.61. The highest BCUT2D eigenvalue weighted by atomic mass is 35.5. The molecule has 0 aromatic carbocycles. The number of likely N-dealkylation sites (N-methyl/N-ethyl adjacent to an activating group) is 1. The monoisotopic (exact) mass is 182 g/mol. The van der Waals surface area contributed by atoms with Gasteiger partial charge in [0, 0.05) is 0 Å². The summed E-state index contributed by atoms with van der Waals surface area (Å²) in [5.74, 6) is -1.35. The molecule has 66 valence electrons. The molecule has 0 bridgehead atoms. The van der Waals surface area contributed by atoms with Crippen LogP contribution in [0.5, 0.6) is 0 Å². The lowest BCUT2D eigenvalue weighted by molar-refractivity contribution is -0.137. The number of hydrogen-bond acceptors (Lipinski definition) is 3. The van der Waals surface area contributed by atoms with Gasteiger partial charge < -0.3 is 15.7 Å². The molecular formula is C5H11ClN2O3. The molecule has 0 aliphatic heterocycles. The van der Waals surface area contributed by atoms with Crippen LogP contribution in [0.4, 0.5) is 0 Å². The molecule has 0 fully saturated rings. The van der Waals surface area contributed by atoms with E-state index in [4.69, 9.17) is 5.11 Å². The van der Waals surface area contributed by atoms with Crippen LogP contribution in [0, 0.1) is 0 Å². The minimum absolute atomic E-state index is 0. The molecule has 0 aromatic heterocycles. The zero-order valence-corrected chi connectivity index (χ0v) is 6.90. The molecule has 0 aliphatic carbocycles. The third-order valence-corrected chi connectivity index (χ3v) is 0.774. The number of carboxylic acid groups (broad SMARTS) is 1. The number of rotatable bonds is 4. The molecule has 5 nitrogen and oxygen atoms in total. The fourth-order valence-corrected chi connectivity index (χ4v) is 0.397. The molecule has 1 amide bonds. The number of hydrogen-bond donors (Lipinski definition) is 3. The number of carbonyl (C=O) groups excluding carboxylic acids is 1. The van der Waals surface area contributed by atoms with Gasteiger partial charge in [-0.05, 0) is 7.05 Å². The van der Waals surface area contributed by atoms with Crippen LogP contribution in [0.1, 0.15) is 0 Å². The molecular weight excluding hydrogens is 172 g/mol. The number of carbonyl (C=O) groups is 2. The Morgan fingerprint density at radius 2 is 1.91 bits per heavy atom. The van der Waals surface area contributed by atoms with E-state index in [0.717, 1.165) is 0 Å². The normalized spacial score (nSPS) is 8.09. The van der Waals surface area contributed by atoms with Crippen LogP contribution in [0.15, 0.2) is 0 Å². The molecule has 0 unspecified atom stereocenters. The fraction of sp³-hybridized carbons (Fsp3) is 0.600. The van der Waals surface area contributed by atoms with Crippen molar-refractivity contribution in [2.75, 3.05) is 20.1 Å². The lowest BCUT2D eigenvalue weighted by Gasteiger charge is -1.99. The fourth-order valence-electron chi connectivity index (χ4n) is 0.397. The molecule has 0 radical (unpaired) electrons. The van der Waals surface area contributed by atoms with Crippen molar-refractivity contribution in [1.29, 1.82) is 0 Å². The van der Waals surface area contributed by atoms with Crippen molar-refractivity contribution in [2.45, 2.75) is 0 Å². The maximum atomic E-state index is 10.5. The van der Waals surface area contributed by atoms with Crippen molar-refractivity contribution in [2.24, 2.45) is 0 Å². The van der Waals surface area contributed by atoms with Gasteiger partial charge in [-0.2, -0.15) is 0 Å². The molecule has 0 spiro atoms. The van der Waals surface area contributed by atoms with Crippen molar-refractivity contribution in [1.82, 2.24) is 10.6 Å². The second kappa shape index (κ2) is 7.30. The summed E-state index contributed by atoms with van der Waals surface area (Å²) < 4.78 is 0. The van der Waals surface area contributed by atoms with Gasteiger partial charge in [0.1, 0.15) is 6.54 Å². The Morgan fingerprint density at radius 1 is 1.36 bits per heavy atom. The van der Waals surface area contributed by atoms with Crippen LogP contribution < -0.4 is 10.6 Å². The smallest absolute Gasteiger partial charge is 0.322 e. The number of amides is 1. The van der Waals surface area contributed by atoms with Crippen LogP contribution in [0.3, 0.4) is 0 Å². The van der Waals surface area contributed by atoms with E-state index < -0.39 is 5.97 Å². The van der Waals surface area contributed by atoms with E-state index in [1.54, 1.807) is 7.05 Å². The highest BCUT2D eigenvalue weighted by Gasteiger charge is 2.00. The molecule has 0 heterocycles. The number of carboxylic acids is 1. The zero-order chi connectivity index (χ0) is 7.98. The van der Waals surface area contributed by atoms with Gasteiger partial charge in [-0.25, -0.2) is 0 Å². The molecule has 11 heavy (non-hydrogen) atoms. The van der Waals surface area contributed by atoms with Crippen LogP contribution in [0.25, 0.3) is 0 Å². The first-order chi connectivity index (χ1) is 4.66. The maximum absolute atomic E-state index is 10.5. The van der Waals surface area contributed by atoms with Crippen molar-refractivity contribution in [3.8, 4) is 0 Å². The van der Waals surface area contributed by atoms with E-state index in [9.17, 15) is 9.59 Å². The van der Waals surface area contributed by atoms with Crippen LogP contribution >= 0.6 is 12.4 Å². The Morgan fingerprint density at radius 3 is 2.27 bits per heavy atom. The quantitative estimate of drug-likeness (QED) is 0.512. The third-order valence-electron chi connectivity index (χ3n) is 0.774. The van der Waals surface area contributed by atoms with Crippen molar-refractivity contribution in [3.05, 3.63) is 0 Å². The molecule has 0 aliphatic rings. The van der Waals surface area contributed by atoms with Gasteiger partial charge >= 0.3 is 5.97 Å². The predicted molar refractivity (Wildman–Crippen MR) is 41.8 cm³/mol. The summed E-state index contributed by atoms with van der Waals surface area (Å²) in [6.45, 7) is -0.173. The average molecular weight is 183 g/mol. The molecule has 6 heteroatoms. The molecule has 0 atom stereocenters. The van der Waals surface area contributed by atoms with Gasteiger partial charge in [-0.1, -0.05) is 0 Å². The standard InChI is InChI=1S/C5H10N2O3.ClH/c1-6-2-4(8)7-3-5(9)10;/h6H,2-3H2,1H3,(H,7,8)(H,9,10);1H. The second-order valence-corrected chi connectivity index (χ2v) is 1.70. The summed E-state index contributed by atoms with van der Waals surface area (Å²) in [6, 6.07) is 0. The first kappa shape index (κ1) is 12.8. The van der Waals surface area contributed by atoms with Crippen molar-refractivity contribution in [3.63, 3.8) is 0 Å². The summed E-state index contributed by atoms with van der Waals surface area (Å²) in [6.07, 6.45) is 0. The van der Waals surface area contributed by atoms with Gasteiger partial charge in [0.2, 0.25) is 5.91 Å². The van der Waals surface area contributed by atoms with Gasteiger partial charge in [0.15, 0.2) is 0 Å².